The number of anilines is 3. The average Bonchev–Trinajstić information content (AvgIpc) is 3.71. The molecular weight excluding hydrogens is 534 g/mol. The number of allylic oxidation sites excluding steroid dienone is 1. The molecule has 1 saturated heterocycles. The lowest BCUT2D eigenvalue weighted by Gasteiger charge is -2.36. The first kappa shape index (κ1) is 25.9. The fraction of sp³-hybridized carbons (Fsp3) is 0.312. The van der Waals surface area contributed by atoms with Crippen molar-refractivity contribution in [1.82, 2.24) is 19.4 Å². The van der Waals surface area contributed by atoms with Crippen LogP contribution in [0.1, 0.15) is 31.7 Å². The van der Waals surface area contributed by atoms with E-state index in [4.69, 9.17) is 16.6 Å². The van der Waals surface area contributed by atoms with Crippen molar-refractivity contribution < 1.29 is 0 Å². The fourth-order valence-corrected chi connectivity index (χ4v) is 6.11. The van der Waals surface area contributed by atoms with Crippen LogP contribution in [-0.4, -0.2) is 57.9 Å². The third-order valence-electron chi connectivity index (χ3n) is 8.21. The van der Waals surface area contributed by atoms with Crippen LogP contribution in [0.25, 0.3) is 27.9 Å². The first-order chi connectivity index (χ1) is 20.1. The summed E-state index contributed by atoms with van der Waals surface area (Å²) < 4.78 is 1.68. The molecule has 208 valence electrons. The van der Waals surface area contributed by atoms with Crippen LogP contribution in [0.2, 0.25) is 5.02 Å². The molecule has 3 aliphatic rings. The van der Waals surface area contributed by atoms with Crippen molar-refractivity contribution >= 4 is 51.9 Å². The average molecular weight is 566 g/mol. The van der Waals surface area contributed by atoms with Gasteiger partial charge in [-0.2, -0.15) is 4.98 Å². The van der Waals surface area contributed by atoms with Gasteiger partial charge in [-0.1, -0.05) is 29.8 Å². The molecule has 1 aliphatic carbocycles. The Bertz CT molecular complexity index is 1730. The first-order valence-electron chi connectivity index (χ1n) is 14.4. The number of rotatable bonds is 7. The summed E-state index contributed by atoms with van der Waals surface area (Å²) in [4.78, 5) is 32.4. The molecule has 2 aliphatic heterocycles. The first-order valence-corrected chi connectivity index (χ1v) is 14.7. The third-order valence-corrected chi connectivity index (χ3v) is 8.52. The molecule has 8 nitrogen and oxygen atoms in total. The van der Waals surface area contributed by atoms with E-state index in [0.717, 1.165) is 61.0 Å². The number of fused-ring (bicyclic) bond motifs is 1. The van der Waals surface area contributed by atoms with Crippen molar-refractivity contribution in [1.29, 1.82) is 0 Å². The molecule has 9 heteroatoms. The molecule has 0 amide bonds. The fourth-order valence-electron chi connectivity index (χ4n) is 5.83. The molecule has 0 atom stereocenters. The Morgan fingerprint density at radius 3 is 2.49 bits per heavy atom. The molecule has 7 rings (SSSR count). The summed E-state index contributed by atoms with van der Waals surface area (Å²) in [7, 11) is 0. The highest BCUT2D eigenvalue weighted by Crippen LogP contribution is 2.32. The third kappa shape index (κ3) is 5.13. The molecule has 0 spiro atoms. The van der Waals surface area contributed by atoms with Crippen molar-refractivity contribution in [2.24, 2.45) is 4.99 Å². The van der Waals surface area contributed by atoms with Gasteiger partial charge < -0.3 is 10.2 Å². The standard InChI is InChI=1S/C32H32ClN7O/c1-2-40-30-22(18-27(31(40)41)26-12-5-21(19-28(26)33)29-4-3-13-34-29)20-35-32(37-30)36-23-6-8-24(9-7-23)38-14-16-39(17-15-38)25-10-11-25/h4-9,12-13,18-20,25H,2-3,10-11,14-17H2,1H3,(H,35,36,37). The largest absolute Gasteiger partial charge is 0.369 e. The second kappa shape index (κ2) is 10.8. The van der Waals surface area contributed by atoms with E-state index in [1.54, 1.807) is 10.8 Å². The summed E-state index contributed by atoms with van der Waals surface area (Å²) in [6.07, 6.45) is 9.23. The number of nitrogens with zero attached hydrogens (tertiary/aromatic N) is 6. The highest BCUT2D eigenvalue weighted by atomic mass is 35.5. The van der Waals surface area contributed by atoms with Gasteiger partial charge >= 0.3 is 0 Å². The maximum atomic E-state index is 13.6. The van der Waals surface area contributed by atoms with Crippen LogP contribution in [0.3, 0.4) is 0 Å². The molecule has 1 N–H and O–H groups in total. The van der Waals surface area contributed by atoms with Crippen molar-refractivity contribution in [3.8, 4) is 11.1 Å². The van der Waals surface area contributed by atoms with Crippen LogP contribution in [0.15, 0.2) is 70.6 Å². The number of nitrogens with one attached hydrogen (secondary N) is 1. The quantitative estimate of drug-likeness (QED) is 0.297. The highest BCUT2D eigenvalue weighted by molar-refractivity contribution is 6.33. The molecule has 41 heavy (non-hydrogen) atoms. The van der Waals surface area contributed by atoms with E-state index in [1.807, 2.05) is 37.4 Å². The van der Waals surface area contributed by atoms with Gasteiger partial charge in [-0.15, -0.1) is 0 Å². The monoisotopic (exact) mass is 565 g/mol. The second-order valence-corrected chi connectivity index (χ2v) is 11.2. The van der Waals surface area contributed by atoms with Crippen molar-refractivity contribution in [2.45, 2.75) is 38.8 Å². The number of hydrogen-bond acceptors (Lipinski definition) is 7. The molecule has 4 aromatic rings. The zero-order chi connectivity index (χ0) is 27.9. The summed E-state index contributed by atoms with van der Waals surface area (Å²) in [5, 5.41) is 4.60. The van der Waals surface area contributed by atoms with Crippen LogP contribution in [0.5, 0.6) is 0 Å². The molecule has 2 aromatic carbocycles. The number of benzene rings is 2. The summed E-state index contributed by atoms with van der Waals surface area (Å²) in [5.74, 6) is 0.449. The lowest BCUT2D eigenvalue weighted by atomic mass is 10.0. The van der Waals surface area contributed by atoms with Crippen molar-refractivity contribution in [3.05, 3.63) is 81.7 Å². The van der Waals surface area contributed by atoms with E-state index in [2.05, 4.69) is 55.4 Å². The van der Waals surface area contributed by atoms with Gasteiger partial charge in [0.2, 0.25) is 5.95 Å². The van der Waals surface area contributed by atoms with Crippen LogP contribution < -0.4 is 15.8 Å². The van der Waals surface area contributed by atoms with Gasteiger partial charge in [0.05, 0.1) is 5.70 Å². The van der Waals surface area contributed by atoms with Crippen LogP contribution in [0.4, 0.5) is 17.3 Å². The van der Waals surface area contributed by atoms with Gasteiger partial charge in [0.15, 0.2) is 0 Å². The van der Waals surface area contributed by atoms with Gasteiger partial charge in [-0.25, -0.2) is 4.98 Å². The Kier molecular flexibility index (Phi) is 6.80. The topological polar surface area (TPSA) is 78.7 Å². The van der Waals surface area contributed by atoms with E-state index in [-0.39, 0.29) is 5.56 Å². The lowest BCUT2D eigenvalue weighted by molar-refractivity contribution is 0.248. The minimum absolute atomic E-state index is 0.136. The number of aryl methyl sites for hydroxylation is 1. The molecule has 2 aromatic heterocycles. The minimum atomic E-state index is -0.136. The van der Waals surface area contributed by atoms with Gasteiger partial charge in [-0.05, 0) is 56.2 Å². The summed E-state index contributed by atoms with van der Waals surface area (Å²) >= 11 is 6.68. The molecule has 4 heterocycles. The Balaban J connectivity index is 1.12. The second-order valence-electron chi connectivity index (χ2n) is 10.8. The van der Waals surface area contributed by atoms with Crippen LogP contribution in [-0.2, 0) is 6.54 Å². The summed E-state index contributed by atoms with van der Waals surface area (Å²) in [6.45, 7) is 6.83. The van der Waals surface area contributed by atoms with Crippen LogP contribution in [0, 0.1) is 0 Å². The smallest absolute Gasteiger partial charge is 0.260 e. The molecule has 2 fully saturated rings. The Labute approximate surface area is 244 Å². The number of aromatic nitrogens is 3. The van der Waals surface area contributed by atoms with E-state index < -0.39 is 0 Å². The molecule has 0 radical (unpaired) electrons. The predicted molar refractivity (Wildman–Crippen MR) is 168 cm³/mol. The van der Waals surface area contributed by atoms with E-state index in [1.165, 1.54) is 18.5 Å². The Morgan fingerprint density at radius 2 is 1.80 bits per heavy atom. The van der Waals surface area contributed by atoms with Crippen molar-refractivity contribution in [3.63, 3.8) is 0 Å². The number of aliphatic imine (C=N–C) groups is 1. The Morgan fingerprint density at radius 1 is 1.00 bits per heavy atom. The lowest BCUT2D eigenvalue weighted by Crippen LogP contribution is -2.47. The van der Waals surface area contributed by atoms with E-state index in [0.29, 0.717) is 34.3 Å². The summed E-state index contributed by atoms with van der Waals surface area (Å²) in [6, 6.07) is 16.8. The summed E-state index contributed by atoms with van der Waals surface area (Å²) in [5.41, 5.74) is 5.63. The highest BCUT2D eigenvalue weighted by Gasteiger charge is 2.31. The maximum Gasteiger partial charge on any atom is 0.260 e. The van der Waals surface area contributed by atoms with E-state index >= 15 is 0 Å². The number of halogens is 1. The van der Waals surface area contributed by atoms with Crippen molar-refractivity contribution in [2.75, 3.05) is 36.4 Å². The van der Waals surface area contributed by atoms with Gasteiger partial charge in [-0.3, -0.25) is 19.3 Å². The maximum absolute atomic E-state index is 13.6. The number of piperazine rings is 1. The zero-order valence-corrected chi connectivity index (χ0v) is 23.8. The van der Waals surface area contributed by atoms with Crippen LogP contribution >= 0.6 is 11.6 Å². The number of pyridine rings is 1. The predicted octanol–water partition coefficient (Wildman–Crippen LogP) is 5.98. The van der Waals surface area contributed by atoms with Gasteiger partial charge in [0, 0.05) is 96.1 Å². The SMILES string of the molecule is CCn1c(=O)c(-c2ccc(C3=CCC=N3)cc2Cl)cc2cnc(Nc3ccc(N4CCN(C5CC5)CC4)cc3)nc21. The molecular formula is C32H32ClN7O. The van der Waals surface area contributed by atoms with E-state index in [9.17, 15) is 4.79 Å². The Hall–Kier alpha value is -4.01. The van der Waals surface area contributed by atoms with Gasteiger partial charge in [0.1, 0.15) is 5.65 Å². The number of hydrogen-bond donors (Lipinski definition) is 1. The minimum Gasteiger partial charge on any atom is -0.369 e. The zero-order valence-electron chi connectivity index (χ0n) is 23.1. The normalized spacial score (nSPS) is 17.3. The molecule has 1 saturated carbocycles. The molecule has 0 unspecified atom stereocenters. The van der Waals surface area contributed by atoms with Gasteiger partial charge in [0.25, 0.3) is 5.56 Å². The molecule has 0 bridgehead atoms.